The Morgan fingerprint density at radius 3 is 2.43 bits per heavy atom. The Balaban J connectivity index is 2.12. The third kappa shape index (κ3) is 3.86. The average Bonchev–Trinajstić information content (AvgIpc) is 2.41. The Morgan fingerprint density at radius 2 is 1.95 bits per heavy atom. The second-order valence-corrected chi connectivity index (χ2v) is 8.36. The fraction of sp³-hybridized carbons (Fsp3) is 0.611. The highest BCUT2D eigenvalue weighted by Crippen LogP contribution is 2.46. The summed E-state index contributed by atoms with van der Waals surface area (Å²) in [5.74, 6) is 0.450. The normalized spacial score (nSPS) is 26.4. The molecule has 0 aliphatic heterocycles. The Morgan fingerprint density at radius 1 is 1.33 bits per heavy atom. The van der Waals surface area contributed by atoms with Gasteiger partial charge in [0.1, 0.15) is 5.82 Å². The highest BCUT2D eigenvalue weighted by molar-refractivity contribution is 9.10. The zero-order valence-corrected chi connectivity index (χ0v) is 14.6. The molecule has 3 heteroatoms. The van der Waals surface area contributed by atoms with Gasteiger partial charge >= 0.3 is 0 Å². The molecule has 2 rings (SSSR count). The molecule has 1 aromatic carbocycles. The fourth-order valence-corrected chi connectivity index (χ4v) is 3.73. The van der Waals surface area contributed by atoms with Crippen molar-refractivity contribution in [2.75, 3.05) is 0 Å². The van der Waals surface area contributed by atoms with Gasteiger partial charge in [0, 0.05) is 4.47 Å². The summed E-state index contributed by atoms with van der Waals surface area (Å²) < 4.78 is 14.8. The second kappa shape index (κ2) is 6.08. The molecule has 0 heterocycles. The molecule has 0 saturated heterocycles. The van der Waals surface area contributed by atoms with E-state index in [4.69, 9.17) is 0 Å². The number of halogens is 2. The summed E-state index contributed by atoms with van der Waals surface area (Å²) in [7, 11) is 0. The molecule has 0 atom stereocenters. The van der Waals surface area contributed by atoms with Gasteiger partial charge in [-0.3, -0.25) is 0 Å². The lowest BCUT2D eigenvalue weighted by Gasteiger charge is -2.40. The van der Waals surface area contributed by atoms with Crippen LogP contribution in [0.2, 0.25) is 0 Å². The van der Waals surface area contributed by atoms with E-state index in [9.17, 15) is 9.65 Å². The van der Waals surface area contributed by atoms with Crippen LogP contribution in [0.15, 0.2) is 22.7 Å². The molecule has 0 aromatic heterocycles. The van der Waals surface area contributed by atoms with Crippen LogP contribution in [-0.4, -0.2) is 0 Å². The lowest BCUT2D eigenvalue weighted by atomic mass is 9.63. The van der Waals surface area contributed by atoms with Gasteiger partial charge in [0.15, 0.2) is 0 Å². The van der Waals surface area contributed by atoms with Crippen molar-refractivity contribution in [3.05, 3.63) is 34.1 Å². The fourth-order valence-electron chi connectivity index (χ4n) is 3.39. The monoisotopic (exact) mass is 351 g/mol. The van der Waals surface area contributed by atoms with Crippen molar-refractivity contribution in [2.24, 2.45) is 16.7 Å². The van der Waals surface area contributed by atoms with Crippen LogP contribution in [0, 0.1) is 33.9 Å². The van der Waals surface area contributed by atoms with E-state index in [0.717, 1.165) is 30.2 Å². The number of rotatable bonds is 2. The van der Waals surface area contributed by atoms with Crippen molar-refractivity contribution in [3.63, 3.8) is 0 Å². The lowest BCUT2D eigenvalue weighted by Crippen LogP contribution is -2.33. The molecule has 0 N–H and O–H groups in total. The molecule has 0 radical (unpaired) electrons. The van der Waals surface area contributed by atoms with Gasteiger partial charge in [0.2, 0.25) is 0 Å². The third-order valence-corrected chi connectivity index (χ3v) is 5.44. The topological polar surface area (TPSA) is 23.8 Å². The van der Waals surface area contributed by atoms with Gasteiger partial charge in [-0.15, -0.1) is 0 Å². The van der Waals surface area contributed by atoms with Crippen LogP contribution >= 0.6 is 15.9 Å². The van der Waals surface area contributed by atoms with Crippen molar-refractivity contribution in [3.8, 4) is 6.07 Å². The number of nitriles is 1. The zero-order valence-electron chi connectivity index (χ0n) is 13.0. The van der Waals surface area contributed by atoms with Gasteiger partial charge in [-0.1, -0.05) is 42.8 Å². The van der Waals surface area contributed by atoms with E-state index in [1.807, 2.05) is 6.07 Å². The number of benzene rings is 1. The number of hydrogen-bond donors (Lipinski definition) is 0. The van der Waals surface area contributed by atoms with Crippen LogP contribution in [0.25, 0.3) is 0 Å². The maximum atomic E-state index is 14.0. The summed E-state index contributed by atoms with van der Waals surface area (Å²) >= 11 is 3.28. The highest BCUT2D eigenvalue weighted by atomic mass is 79.9. The van der Waals surface area contributed by atoms with E-state index in [0.29, 0.717) is 23.3 Å². The summed E-state index contributed by atoms with van der Waals surface area (Å²) in [5.41, 5.74) is 0.565. The van der Waals surface area contributed by atoms with Crippen molar-refractivity contribution >= 4 is 15.9 Å². The van der Waals surface area contributed by atoms with Gasteiger partial charge in [0.25, 0.3) is 0 Å². The van der Waals surface area contributed by atoms with Crippen LogP contribution in [0.3, 0.4) is 0 Å². The SMILES string of the molecule is CC(C)(C)C1CCC(C#N)(Cc2ccc(Br)cc2F)CC1. The third-order valence-electron chi connectivity index (χ3n) is 4.95. The second-order valence-electron chi connectivity index (χ2n) is 7.44. The van der Waals surface area contributed by atoms with Crippen LogP contribution in [-0.2, 0) is 6.42 Å². The highest BCUT2D eigenvalue weighted by Gasteiger charge is 2.39. The maximum Gasteiger partial charge on any atom is 0.127 e. The van der Waals surface area contributed by atoms with Crippen molar-refractivity contribution < 1.29 is 4.39 Å². The first-order valence-corrected chi connectivity index (χ1v) is 8.40. The van der Waals surface area contributed by atoms with Crippen molar-refractivity contribution in [1.82, 2.24) is 0 Å². The summed E-state index contributed by atoms with van der Waals surface area (Å²) in [5, 5.41) is 9.66. The maximum absolute atomic E-state index is 14.0. The van der Waals surface area contributed by atoms with Gasteiger partial charge in [-0.2, -0.15) is 5.26 Å². The number of hydrogen-bond acceptors (Lipinski definition) is 1. The predicted octanol–water partition coefficient (Wildman–Crippen LogP) is 5.88. The minimum atomic E-state index is -0.392. The predicted molar refractivity (Wildman–Crippen MR) is 87.3 cm³/mol. The molecule has 114 valence electrons. The molecule has 21 heavy (non-hydrogen) atoms. The summed E-state index contributed by atoms with van der Waals surface area (Å²) in [6, 6.07) is 7.64. The quantitative estimate of drug-likeness (QED) is 0.652. The lowest BCUT2D eigenvalue weighted by molar-refractivity contribution is 0.120. The summed E-state index contributed by atoms with van der Waals surface area (Å²) in [6.07, 6.45) is 4.41. The Hall–Kier alpha value is -0.880. The molecule has 1 aliphatic carbocycles. The van der Waals surface area contributed by atoms with Crippen LogP contribution in [0.5, 0.6) is 0 Å². The molecular weight excluding hydrogens is 329 g/mol. The van der Waals surface area contributed by atoms with Crippen LogP contribution in [0.4, 0.5) is 4.39 Å². The van der Waals surface area contributed by atoms with E-state index >= 15 is 0 Å². The molecule has 1 saturated carbocycles. The largest absolute Gasteiger partial charge is 0.207 e. The van der Waals surface area contributed by atoms with Crippen molar-refractivity contribution in [2.45, 2.75) is 52.9 Å². The van der Waals surface area contributed by atoms with Gasteiger partial charge in [0.05, 0.1) is 11.5 Å². The van der Waals surface area contributed by atoms with Gasteiger partial charge in [-0.25, -0.2) is 4.39 Å². The van der Waals surface area contributed by atoms with Gasteiger partial charge in [-0.05, 0) is 61.1 Å². The molecule has 0 unspecified atom stereocenters. The van der Waals surface area contributed by atoms with E-state index < -0.39 is 5.41 Å². The first kappa shape index (κ1) is 16.5. The minimum Gasteiger partial charge on any atom is -0.207 e. The van der Waals surface area contributed by atoms with E-state index in [1.165, 1.54) is 6.07 Å². The first-order chi connectivity index (χ1) is 9.76. The van der Waals surface area contributed by atoms with E-state index in [-0.39, 0.29) is 5.82 Å². The molecule has 0 spiro atoms. The Labute approximate surface area is 135 Å². The van der Waals surface area contributed by atoms with E-state index in [1.54, 1.807) is 6.07 Å². The summed E-state index contributed by atoms with van der Waals surface area (Å²) in [4.78, 5) is 0. The average molecular weight is 352 g/mol. The molecular formula is C18H23BrFN. The molecule has 1 aliphatic rings. The molecule has 1 aromatic rings. The van der Waals surface area contributed by atoms with E-state index in [2.05, 4.69) is 42.8 Å². The minimum absolute atomic E-state index is 0.211. The van der Waals surface area contributed by atoms with Crippen LogP contribution in [0.1, 0.15) is 52.0 Å². The number of nitrogens with zero attached hydrogens (tertiary/aromatic N) is 1. The first-order valence-electron chi connectivity index (χ1n) is 7.61. The molecule has 0 bridgehead atoms. The Kier molecular flexibility index (Phi) is 4.78. The van der Waals surface area contributed by atoms with Gasteiger partial charge < -0.3 is 0 Å². The molecule has 1 nitrogen and oxygen atoms in total. The van der Waals surface area contributed by atoms with Crippen LogP contribution < -0.4 is 0 Å². The molecule has 1 fully saturated rings. The van der Waals surface area contributed by atoms with Crippen molar-refractivity contribution in [1.29, 1.82) is 5.26 Å². The Bertz CT molecular complexity index is 545. The molecule has 0 amide bonds. The standard InChI is InChI=1S/C18H23BrFN/c1-17(2,3)14-6-8-18(12-21,9-7-14)11-13-4-5-15(19)10-16(13)20/h4-5,10,14H,6-9,11H2,1-3H3. The smallest absolute Gasteiger partial charge is 0.127 e. The zero-order chi connectivity index (χ0) is 15.7. The summed E-state index contributed by atoms with van der Waals surface area (Å²) in [6.45, 7) is 6.81.